The second-order valence-electron chi connectivity index (χ2n) is 5.66. The molecule has 2 unspecified atom stereocenters. The van der Waals surface area contributed by atoms with E-state index in [0.717, 1.165) is 25.1 Å². The first-order chi connectivity index (χ1) is 8.56. The van der Waals surface area contributed by atoms with Gasteiger partial charge in [0.1, 0.15) is 0 Å². The predicted molar refractivity (Wildman–Crippen MR) is 73.2 cm³/mol. The van der Waals surface area contributed by atoms with Crippen molar-refractivity contribution in [2.45, 2.75) is 26.2 Å². The molecule has 1 aromatic rings. The van der Waals surface area contributed by atoms with Gasteiger partial charge in [-0.2, -0.15) is 0 Å². The Morgan fingerprint density at radius 3 is 2.67 bits per heavy atom. The van der Waals surface area contributed by atoms with Crippen LogP contribution in [0.1, 0.15) is 31.7 Å². The summed E-state index contributed by atoms with van der Waals surface area (Å²) in [5.74, 6) is 0.157. The molecule has 1 aliphatic heterocycles. The zero-order valence-electron chi connectivity index (χ0n) is 11.2. The van der Waals surface area contributed by atoms with Crippen molar-refractivity contribution < 1.29 is 4.79 Å². The van der Waals surface area contributed by atoms with Crippen molar-refractivity contribution in [2.24, 2.45) is 11.1 Å². The fourth-order valence-corrected chi connectivity index (χ4v) is 2.54. The largest absolute Gasteiger partial charge is 0.342 e. The number of carbonyl (C=O) groups is 1. The molecule has 0 aliphatic carbocycles. The minimum Gasteiger partial charge on any atom is -0.342 e. The Morgan fingerprint density at radius 2 is 2.11 bits per heavy atom. The third-order valence-electron chi connectivity index (χ3n) is 4.03. The normalized spacial score (nSPS) is 25.2. The number of amides is 1. The Bertz CT molecular complexity index is 418. The van der Waals surface area contributed by atoms with E-state index in [0.29, 0.717) is 6.54 Å². The van der Waals surface area contributed by atoms with Crippen LogP contribution in [0.15, 0.2) is 30.3 Å². The smallest absolute Gasteiger partial charge is 0.229 e. The number of hydrogen-bond donors (Lipinski definition) is 1. The summed E-state index contributed by atoms with van der Waals surface area (Å²) in [4.78, 5) is 14.4. The number of likely N-dealkylation sites (tertiary alicyclic amines) is 1. The summed E-state index contributed by atoms with van der Waals surface area (Å²) >= 11 is 0. The Morgan fingerprint density at radius 1 is 1.44 bits per heavy atom. The van der Waals surface area contributed by atoms with Crippen molar-refractivity contribution in [3.63, 3.8) is 0 Å². The number of rotatable bonds is 3. The Hall–Kier alpha value is -1.35. The summed E-state index contributed by atoms with van der Waals surface area (Å²) in [6.45, 7) is 6.42. The lowest BCUT2D eigenvalue weighted by Gasteiger charge is -2.24. The van der Waals surface area contributed by atoms with E-state index in [1.165, 1.54) is 0 Å². The minimum absolute atomic E-state index is 0.0636. The summed E-state index contributed by atoms with van der Waals surface area (Å²) in [6.07, 6.45) is 1.01. The average Bonchev–Trinajstić information content (AvgIpc) is 2.81. The highest BCUT2D eigenvalue weighted by Crippen LogP contribution is 2.30. The second-order valence-corrected chi connectivity index (χ2v) is 5.66. The van der Waals surface area contributed by atoms with Crippen LogP contribution in [0.3, 0.4) is 0 Å². The van der Waals surface area contributed by atoms with Crippen molar-refractivity contribution in [3.8, 4) is 0 Å². The fraction of sp³-hybridized carbons (Fsp3) is 0.533. The van der Waals surface area contributed by atoms with Crippen LogP contribution < -0.4 is 5.73 Å². The van der Waals surface area contributed by atoms with Gasteiger partial charge in [-0.1, -0.05) is 37.3 Å². The van der Waals surface area contributed by atoms with Gasteiger partial charge in [0.15, 0.2) is 0 Å². The predicted octanol–water partition coefficient (Wildman–Crippen LogP) is 1.99. The van der Waals surface area contributed by atoms with Gasteiger partial charge < -0.3 is 10.6 Å². The minimum atomic E-state index is -0.0636. The van der Waals surface area contributed by atoms with Crippen LogP contribution in [-0.4, -0.2) is 30.4 Å². The van der Waals surface area contributed by atoms with Gasteiger partial charge in [0, 0.05) is 13.1 Å². The summed E-state index contributed by atoms with van der Waals surface area (Å²) in [6, 6.07) is 9.96. The highest BCUT2D eigenvalue weighted by molar-refractivity contribution is 5.83. The molecule has 1 aromatic carbocycles. The van der Waals surface area contributed by atoms with E-state index in [1.807, 2.05) is 42.2 Å². The molecule has 0 spiro atoms. The maximum atomic E-state index is 12.4. The zero-order chi connectivity index (χ0) is 13.2. The van der Waals surface area contributed by atoms with E-state index in [2.05, 4.69) is 6.92 Å². The number of hydrogen-bond acceptors (Lipinski definition) is 2. The van der Waals surface area contributed by atoms with Crippen LogP contribution in [-0.2, 0) is 4.79 Å². The van der Waals surface area contributed by atoms with Crippen LogP contribution in [0.2, 0.25) is 0 Å². The van der Waals surface area contributed by atoms with Crippen molar-refractivity contribution in [1.82, 2.24) is 4.90 Å². The van der Waals surface area contributed by atoms with Gasteiger partial charge in [0.25, 0.3) is 0 Å². The fourth-order valence-electron chi connectivity index (χ4n) is 2.54. The molecule has 0 saturated carbocycles. The zero-order valence-corrected chi connectivity index (χ0v) is 11.2. The van der Waals surface area contributed by atoms with Crippen LogP contribution in [0.5, 0.6) is 0 Å². The molecule has 1 fully saturated rings. The lowest BCUT2D eigenvalue weighted by Crippen LogP contribution is -2.36. The molecule has 2 atom stereocenters. The summed E-state index contributed by atoms with van der Waals surface area (Å²) in [5.41, 5.74) is 6.97. The molecular weight excluding hydrogens is 224 g/mol. The van der Waals surface area contributed by atoms with Gasteiger partial charge in [-0.3, -0.25) is 4.79 Å². The average molecular weight is 246 g/mol. The molecule has 3 heteroatoms. The second kappa shape index (κ2) is 5.11. The first kappa shape index (κ1) is 13.1. The van der Waals surface area contributed by atoms with Gasteiger partial charge in [0.05, 0.1) is 5.92 Å². The van der Waals surface area contributed by atoms with E-state index in [4.69, 9.17) is 5.73 Å². The molecule has 1 saturated heterocycles. The van der Waals surface area contributed by atoms with Gasteiger partial charge in [-0.05, 0) is 30.9 Å². The maximum absolute atomic E-state index is 12.4. The molecule has 2 N–H and O–H groups in total. The van der Waals surface area contributed by atoms with Crippen LogP contribution >= 0.6 is 0 Å². The molecule has 3 nitrogen and oxygen atoms in total. The Labute approximate surface area is 109 Å². The lowest BCUT2D eigenvalue weighted by molar-refractivity contribution is -0.131. The highest BCUT2D eigenvalue weighted by atomic mass is 16.2. The Balaban J connectivity index is 2.05. The van der Waals surface area contributed by atoms with Crippen molar-refractivity contribution in [2.75, 3.05) is 19.6 Å². The molecule has 0 radical (unpaired) electrons. The number of carbonyl (C=O) groups excluding carboxylic acids is 1. The SMILES string of the molecule is CC(C(=O)N1CCC(C)(CN)C1)c1ccccc1. The maximum Gasteiger partial charge on any atom is 0.229 e. The van der Waals surface area contributed by atoms with Crippen molar-refractivity contribution in [3.05, 3.63) is 35.9 Å². The molecule has 0 bridgehead atoms. The van der Waals surface area contributed by atoms with E-state index < -0.39 is 0 Å². The monoisotopic (exact) mass is 246 g/mol. The summed E-state index contributed by atoms with van der Waals surface area (Å²) in [5, 5.41) is 0. The standard InChI is InChI=1S/C15H22N2O/c1-12(13-6-4-3-5-7-13)14(18)17-9-8-15(2,10-16)11-17/h3-7,12H,8-11,16H2,1-2H3. The van der Waals surface area contributed by atoms with Crippen molar-refractivity contribution in [1.29, 1.82) is 0 Å². The number of nitrogens with two attached hydrogens (primary N) is 1. The first-order valence-electron chi connectivity index (χ1n) is 6.59. The van der Waals surface area contributed by atoms with E-state index in [9.17, 15) is 4.79 Å². The summed E-state index contributed by atoms with van der Waals surface area (Å²) < 4.78 is 0. The van der Waals surface area contributed by atoms with Crippen LogP contribution in [0.4, 0.5) is 0 Å². The molecule has 0 aromatic heterocycles. The molecule has 18 heavy (non-hydrogen) atoms. The molecule has 1 aliphatic rings. The van der Waals surface area contributed by atoms with Crippen LogP contribution in [0, 0.1) is 5.41 Å². The summed E-state index contributed by atoms with van der Waals surface area (Å²) in [7, 11) is 0. The highest BCUT2D eigenvalue weighted by Gasteiger charge is 2.36. The van der Waals surface area contributed by atoms with Crippen molar-refractivity contribution >= 4 is 5.91 Å². The first-order valence-corrected chi connectivity index (χ1v) is 6.59. The van der Waals surface area contributed by atoms with Crippen LogP contribution in [0.25, 0.3) is 0 Å². The quantitative estimate of drug-likeness (QED) is 0.886. The molecule has 2 rings (SSSR count). The van der Waals surface area contributed by atoms with Gasteiger partial charge in [-0.15, -0.1) is 0 Å². The van der Waals surface area contributed by atoms with Gasteiger partial charge in [-0.25, -0.2) is 0 Å². The molecule has 98 valence electrons. The van der Waals surface area contributed by atoms with E-state index in [1.54, 1.807) is 0 Å². The van der Waals surface area contributed by atoms with E-state index in [-0.39, 0.29) is 17.2 Å². The van der Waals surface area contributed by atoms with Gasteiger partial charge >= 0.3 is 0 Å². The number of nitrogens with zero attached hydrogens (tertiary/aromatic N) is 1. The third-order valence-corrected chi connectivity index (χ3v) is 4.03. The molecule has 1 heterocycles. The van der Waals surface area contributed by atoms with E-state index >= 15 is 0 Å². The topological polar surface area (TPSA) is 46.3 Å². The Kier molecular flexibility index (Phi) is 3.71. The van der Waals surface area contributed by atoms with Gasteiger partial charge in [0.2, 0.25) is 5.91 Å². The lowest BCUT2D eigenvalue weighted by atomic mass is 9.90. The third kappa shape index (κ3) is 2.56. The number of benzene rings is 1. The molecule has 1 amide bonds. The molecular formula is C15H22N2O.